The summed E-state index contributed by atoms with van der Waals surface area (Å²) in [5.74, 6) is 8.48. The fourth-order valence-electron chi connectivity index (χ4n) is 6.67. The number of aliphatic carboxylic acids is 1. The van der Waals surface area contributed by atoms with E-state index in [1.54, 1.807) is 36.5 Å². The number of halogens is 6. The Labute approximate surface area is 473 Å². The normalized spacial score (nSPS) is 18.9. The highest BCUT2D eigenvalue weighted by atomic mass is 79.9. The predicted molar refractivity (Wildman–Crippen MR) is 300 cm³/mol. The molecule has 6 atom stereocenters. The van der Waals surface area contributed by atoms with Crippen LogP contribution in [0.2, 0.25) is 15.1 Å². The van der Waals surface area contributed by atoms with Gasteiger partial charge >= 0.3 is 23.9 Å². The minimum Gasteiger partial charge on any atom is -0.481 e. The molecular formula is C53H60Br2Cl4N2O10S2. The summed E-state index contributed by atoms with van der Waals surface area (Å²) in [6.07, 6.45) is 10.9. The number of aryl methyl sites for hydroxylation is 2. The summed E-state index contributed by atoms with van der Waals surface area (Å²) in [5.41, 5.74) is 3.82. The maximum atomic E-state index is 12.2. The van der Waals surface area contributed by atoms with Crippen LogP contribution in [-0.4, -0.2) is 73.7 Å². The zero-order chi connectivity index (χ0) is 54.8. The Morgan fingerprint density at radius 3 is 2.29 bits per heavy atom. The first-order valence-electron chi connectivity index (χ1n) is 23.0. The lowest BCUT2D eigenvalue weighted by molar-refractivity contribution is -0.149. The number of carboxylic acids is 1. The average molecular weight is 1250 g/mol. The number of carbonyl (C=O) groups excluding carboxylic acids is 4. The van der Waals surface area contributed by atoms with Gasteiger partial charge in [-0.2, -0.15) is 0 Å². The van der Waals surface area contributed by atoms with Gasteiger partial charge in [0.05, 0.1) is 43.1 Å². The molecule has 0 saturated heterocycles. The third-order valence-electron chi connectivity index (χ3n) is 9.87. The molecule has 0 saturated carbocycles. The van der Waals surface area contributed by atoms with E-state index in [-0.39, 0.29) is 45.9 Å². The minimum absolute atomic E-state index is 0.0874. The number of aliphatic hydroxyl groups excluding tert-OH is 1. The molecule has 2 aromatic heterocycles. The Hall–Kier alpha value is -3.81. The van der Waals surface area contributed by atoms with Crippen LogP contribution >= 0.6 is 101 Å². The lowest BCUT2D eigenvalue weighted by Crippen LogP contribution is -2.18. The largest absolute Gasteiger partial charge is 0.481 e. The molecule has 3 heterocycles. The van der Waals surface area contributed by atoms with Crippen LogP contribution in [0.1, 0.15) is 126 Å². The molecule has 3 aromatic rings. The van der Waals surface area contributed by atoms with Crippen molar-refractivity contribution in [3.05, 3.63) is 109 Å². The van der Waals surface area contributed by atoms with E-state index in [9.17, 15) is 29.1 Å². The minimum atomic E-state index is -0.787. The maximum Gasteiger partial charge on any atom is 0.385 e. The summed E-state index contributed by atoms with van der Waals surface area (Å²) in [7, 11) is 0. The number of hydrogen-bond acceptors (Lipinski definition) is 13. The lowest BCUT2D eigenvalue weighted by atomic mass is 10.0. The van der Waals surface area contributed by atoms with Gasteiger partial charge in [-0.1, -0.05) is 103 Å². The van der Waals surface area contributed by atoms with Crippen molar-refractivity contribution in [1.29, 1.82) is 0 Å². The second-order valence-corrected chi connectivity index (χ2v) is 23.4. The summed E-state index contributed by atoms with van der Waals surface area (Å²) in [6.45, 7) is 15.0. The number of ether oxygens (including phenoxy) is 3. The van der Waals surface area contributed by atoms with E-state index in [0.29, 0.717) is 43.5 Å². The number of nitrogens with zero attached hydrogens (tertiary/aromatic N) is 2. The number of cyclic esters (lactones) is 2. The van der Waals surface area contributed by atoms with Crippen LogP contribution in [-0.2, 0) is 59.1 Å². The van der Waals surface area contributed by atoms with Gasteiger partial charge in [0, 0.05) is 59.7 Å². The Morgan fingerprint density at radius 1 is 0.986 bits per heavy atom. The van der Waals surface area contributed by atoms with Crippen molar-refractivity contribution in [2.45, 2.75) is 144 Å². The van der Waals surface area contributed by atoms with E-state index >= 15 is 0 Å². The highest BCUT2D eigenvalue weighted by Crippen LogP contribution is 2.30. The molecule has 1 aliphatic heterocycles. The molecule has 4 rings (SSSR count). The second kappa shape index (κ2) is 34.7. The van der Waals surface area contributed by atoms with Crippen molar-refractivity contribution in [3.63, 3.8) is 0 Å². The third-order valence-corrected chi connectivity index (χ3v) is 13.2. The lowest BCUT2D eigenvalue weighted by Gasteiger charge is -2.15. The van der Waals surface area contributed by atoms with Gasteiger partial charge in [0.15, 0.2) is 0 Å². The Kier molecular flexibility index (Phi) is 31.0. The van der Waals surface area contributed by atoms with Gasteiger partial charge in [-0.25, -0.2) is 19.6 Å². The number of aromatic nitrogens is 2. The Bertz CT molecular complexity index is 2590. The zero-order valence-corrected chi connectivity index (χ0v) is 49.6. The van der Waals surface area contributed by atoms with Gasteiger partial charge < -0.3 is 24.4 Å². The highest BCUT2D eigenvalue weighted by Gasteiger charge is 2.19. The molecule has 0 spiro atoms. The predicted octanol–water partition coefficient (Wildman–Crippen LogP) is 13.8. The standard InChI is InChI=1S/C23H30BrNO5S.C23H28BrNO4S.C7H2Cl4O/c1-15(10-18(4)26)6-5-7-23(29)30-20(12-17(3)24)13-21-25-19(14-31-21)9-8-16(2)11-22(27)28;1-15-6-5-7-22(26)29-20(12-17(3)24)13-21-25-19(14-30-21)9-8-16(2)11-23(27)28-18(4)10-15;8-3-1-4(9)6(7(11)12)5(10)2-3/h6,12,14,16,18,20,26H,8-11,13H2,1-4H3,(H,27,28);6,12,14,16,18,20H,8-11,13H2,1-4H3;1-2H/b2*15-6+,17-12+;/t2*16-,18+,20-;/m11./s1. The number of hydrogen-bond donors (Lipinski definition) is 2. The fraction of sp³-hybridized carbons (Fsp3) is 0.453. The molecule has 0 fully saturated rings. The fourth-order valence-corrected chi connectivity index (χ4v) is 10.3. The van der Waals surface area contributed by atoms with E-state index in [1.165, 1.54) is 23.5 Å². The quantitative estimate of drug-likeness (QED) is 0.0545. The first-order valence-corrected chi connectivity index (χ1v) is 27.9. The van der Waals surface area contributed by atoms with Crippen LogP contribution in [0, 0.1) is 35.5 Å². The summed E-state index contributed by atoms with van der Waals surface area (Å²) in [5, 5.41) is 23.9. The number of rotatable bonds is 13. The number of allylic oxidation sites excluding steroid dienone is 4. The SMILES string of the molecule is C/C(Br)=C\[C@@H]1Cc2nc(cs2)CC[C@@H](C)CC(=O)O[C@@H](C)C/C(C)=C/C#CC(=O)O1.C/C(Br)=C\[C@H](Cc1nc(CC[C@@H](C)CC(=O)O)cs1)OC(=O)C#C/C=C(\C)C[C@H](C)O.O=C(Cl)c1c(Cl)cc(Cl)cc1Cl. The van der Waals surface area contributed by atoms with Gasteiger partial charge in [-0.3, -0.25) is 14.4 Å². The Balaban J connectivity index is 0.000000408. The molecule has 2 bridgehead atoms. The molecule has 0 radical (unpaired) electrons. The van der Waals surface area contributed by atoms with Crippen molar-refractivity contribution in [1.82, 2.24) is 9.97 Å². The van der Waals surface area contributed by atoms with Crippen LogP contribution in [0.25, 0.3) is 0 Å². The topological polar surface area (TPSA) is 179 Å². The molecular weight excluding hydrogens is 1190 g/mol. The first-order chi connectivity index (χ1) is 34.3. The van der Waals surface area contributed by atoms with Crippen molar-refractivity contribution < 1.29 is 48.4 Å². The van der Waals surface area contributed by atoms with Crippen molar-refractivity contribution in [3.8, 4) is 23.7 Å². The van der Waals surface area contributed by atoms with Gasteiger partial charge in [-0.05, 0) is 142 Å². The van der Waals surface area contributed by atoms with Gasteiger partial charge in [0.25, 0.3) is 5.24 Å². The number of benzene rings is 1. The van der Waals surface area contributed by atoms with Crippen LogP contribution in [0.4, 0.5) is 0 Å². The summed E-state index contributed by atoms with van der Waals surface area (Å²) in [6, 6.07) is 2.81. The number of fused-ring (bicyclic) bond motifs is 2. The smallest absolute Gasteiger partial charge is 0.385 e. The Morgan fingerprint density at radius 2 is 1.67 bits per heavy atom. The monoisotopic (exact) mass is 1250 g/mol. The third kappa shape index (κ3) is 29.8. The number of thiazole rings is 2. The van der Waals surface area contributed by atoms with E-state index in [0.717, 1.165) is 60.8 Å². The molecule has 1 aromatic carbocycles. The average Bonchev–Trinajstić information content (AvgIpc) is 3.89. The van der Waals surface area contributed by atoms with E-state index in [4.69, 9.17) is 65.7 Å². The number of esters is 3. The molecule has 0 amide bonds. The maximum absolute atomic E-state index is 12.2. The molecule has 396 valence electrons. The molecule has 73 heavy (non-hydrogen) atoms. The van der Waals surface area contributed by atoms with Crippen LogP contribution in [0.3, 0.4) is 0 Å². The highest BCUT2D eigenvalue weighted by molar-refractivity contribution is 9.12. The van der Waals surface area contributed by atoms with Gasteiger partial charge in [0.1, 0.15) is 18.3 Å². The molecule has 12 nitrogen and oxygen atoms in total. The van der Waals surface area contributed by atoms with Crippen LogP contribution < -0.4 is 0 Å². The van der Waals surface area contributed by atoms with Gasteiger partial charge in [-0.15, -0.1) is 22.7 Å². The second-order valence-electron chi connectivity index (χ2n) is 17.5. The summed E-state index contributed by atoms with van der Waals surface area (Å²) >= 11 is 32.0. The van der Waals surface area contributed by atoms with E-state index < -0.39 is 41.5 Å². The number of aliphatic hydroxyl groups is 1. The van der Waals surface area contributed by atoms with Crippen molar-refractivity contribution in [2.75, 3.05) is 0 Å². The summed E-state index contributed by atoms with van der Waals surface area (Å²) < 4.78 is 18.2. The van der Waals surface area contributed by atoms with E-state index in [1.807, 2.05) is 58.4 Å². The zero-order valence-electron chi connectivity index (χ0n) is 41.8. The number of carboxylic acid groups (broad SMARTS) is 1. The van der Waals surface area contributed by atoms with Crippen molar-refractivity contribution in [2.24, 2.45) is 11.8 Å². The van der Waals surface area contributed by atoms with Crippen LogP contribution in [0.5, 0.6) is 0 Å². The van der Waals surface area contributed by atoms with Crippen molar-refractivity contribution >= 4 is 130 Å². The molecule has 1 aliphatic rings. The van der Waals surface area contributed by atoms with Gasteiger partial charge in [0.2, 0.25) is 0 Å². The molecule has 0 unspecified atom stereocenters. The molecule has 2 N–H and O–H groups in total. The molecule has 20 heteroatoms. The van der Waals surface area contributed by atoms with Crippen LogP contribution in [0.15, 0.2) is 67.3 Å². The van der Waals surface area contributed by atoms with E-state index in [2.05, 4.69) is 72.4 Å². The number of carbonyl (C=O) groups is 5. The molecule has 0 aliphatic carbocycles. The first kappa shape index (κ1) is 65.3. The summed E-state index contributed by atoms with van der Waals surface area (Å²) in [4.78, 5) is 67.3.